The summed E-state index contributed by atoms with van der Waals surface area (Å²) in [6, 6.07) is 0. The van der Waals surface area contributed by atoms with E-state index >= 15 is 0 Å². The van der Waals surface area contributed by atoms with E-state index in [4.69, 9.17) is 0 Å². The molecule has 4 saturated carbocycles. The quantitative estimate of drug-likeness (QED) is 0.479. The Morgan fingerprint density at radius 3 is 2.28 bits per heavy atom. The van der Waals surface area contributed by atoms with Gasteiger partial charge in [0.1, 0.15) is 0 Å². The molecule has 0 unspecified atom stereocenters. The van der Waals surface area contributed by atoms with Crippen LogP contribution >= 0.6 is 0 Å². The average Bonchev–Trinajstić information content (AvgIpc) is 3.05. The van der Waals surface area contributed by atoms with Crippen LogP contribution in [0.3, 0.4) is 0 Å². The van der Waals surface area contributed by atoms with Crippen molar-refractivity contribution in [3.8, 4) is 0 Å². The first-order valence-electron chi connectivity index (χ1n) is 13.5. The number of hydrogen-bond donors (Lipinski definition) is 4. The highest BCUT2D eigenvalue weighted by molar-refractivity contribution is 5.17. The fourth-order valence-corrected chi connectivity index (χ4v) is 9.30. The molecule has 0 amide bonds. The van der Waals surface area contributed by atoms with E-state index in [1.165, 1.54) is 25.7 Å². The smallest absolute Gasteiger partial charge is 0.0985 e. The number of fused-ring (bicyclic) bond motifs is 5. The van der Waals surface area contributed by atoms with Crippen LogP contribution in [0.1, 0.15) is 106 Å². The number of aliphatic hydroxyl groups excluding tert-OH is 2. The first-order chi connectivity index (χ1) is 14.7. The van der Waals surface area contributed by atoms with Gasteiger partial charge in [-0.2, -0.15) is 0 Å². The third kappa shape index (κ3) is 3.71. The molecule has 4 aliphatic rings. The summed E-state index contributed by atoms with van der Waals surface area (Å²) in [5.74, 6) is 3.22. The summed E-state index contributed by atoms with van der Waals surface area (Å²) < 4.78 is 0. The molecule has 4 heteroatoms. The van der Waals surface area contributed by atoms with Gasteiger partial charge in [0.05, 0.1) is 23.4 Å². The standard InChI is InChI=1S/C28H50O4/c1-17(7-8-18(2)25(3,4)31)21-9-10-22-20-15-24(30)28(32)16-19(29)11-14-27(28,6)23(20)12-13-26(21,22)5/h17-24,29-32H,7-16H2,1-6H3/t17-,18+,19+,20+,21-,22+,23+,24-,26-,27-,28+/m1/s1. The van der Waals surface area contributed by atoms with Gasteiger partial charge in [-0.15, -0.1) is 0 Å². The van der Waals surface area contributed by atoms with Crippen molar-refractivity contribution in [2.45, 2.75) is 129 Å². The van der Waals surface area contributed by atoms with E-state index in [9.17, 15) is 20.4 Å². The average molecular weight is 451 g/mol. The Morgan fingerprint density at radius 1 is 0.938 bits per heavy atom. The van der Waals surface area contributed by atoms with E-state index in [0.717, 1.165) is 25.7 Å². The highest BCUT2D eigenvalue weighted by Crippen LogP contribution is 2.69. The van der Waals surface area contributed by atoms with Gasteiger partial charge < -0.3 is 20.4 Å². The molecule has 0 aromatic rings. The largest absolute Gasteiger partial charge is 0.393 e. The number of aliphatic hydroxyl groups is 4. The van der Waals surface area contributed by atoms with Crippen LogP contribution in [-0.4, -0.2) is 43.8 Å². The summed E-state index contributed by atoms with van der Waals surface area (Å²) >= 11 is 0. The molecule has 0 spiro atoms. The molecule has 4 N–H and O–H groups in total. The van der Waals surface area contributed by atoms with Crippen molar-refractivity contribution in [2.75, 3.05) is 0 Å². The molecule has 4 rings (SSSR count). The molecule has 0 saturated heterocycles. The van der Waals surface area contributed by atoms with Crippen LogP contribution in [0.25, 0.3) is 0 Å². The van der Waals surface area contributed by atoms with Crippen LogP contribution in [0.15, 0.2) is 0 Å². The van der Waals surface area contributed by atoms with Gasteiger partial charge in [0.25, 0.3) is 0 Å². The monoisotopic (exact) mass is 450 g/mol. The summed E-state index contributed by atoms with van der Waals surface area (Å²) in [6.07, 6.45) is 8.50. The topological polar surface area (TPSA) is 80.9 Å². The van der Waals surface area contributed by atoms with Gasteiger partial charge >= 0.3 is 0 Å². The van der Waals surface area contributed by atoms with Crippen molar-refractivity contribution in [1.29, 1.82) is 0 Å². The second-order valence-corrected chi connectivity index (χ2v) is 13.7. The molecular formula is C28H50O4. The minimum Gasteiger partial charge on any atom is -0.393 e. The molecule has 4 nitrogen and oxygen atoms in total. The fourth-order valence-electron chi connectivity index (χ4n) is 9.30. The maximum Gasteiger partial charge on any atom is 0.0985 e. The maximum atomic E-state index is 11.6. The lowest BCUT2D eigenvalue weighted by Crippen LogP contribution is -2.68. The van der Waals surface area contributed by atoms with Crippen LogP contribution in [0.2, 0.25) is 0 Å². The van der Waals surface area contributed by atoms with Crippen LogP contribution in [0.5, 0.6) is 0 Å². The van der Waals surface area contributed by atoms with Crippen molar-refractivity contribution in [3.63, 3.8) is 0 Å². The molecule has 4 fully saturated rings. The highest BCUT2D eigenvalue weighted by atomic mass is 16.3. The van der Waals surface area contributed by atoms with E-state index in [2.05, 4.69) is 27.7 Å². The molecule has 0 aliphatic heterocycles. The van der Waals surface area contributed by atoms with Gasteiger partial charge in [-0.25, -0.2) is 0 Å². The molecule has 0 radical (unpaired) electrons. The third-order valence-corrected chi connectivity index (χ3v) is 11.9. The summed E-state index contributed by atoms with van der Waals surface area (Å²) in [7, 11) is 0. The zero-order chi connectivity index (χ0) is 23.7. The van der Waals surface area contributed by atoms with E-state index < -0.39 is 23.4 Å². The van der Waals surface area contributed by atoms with Gasteiger partial charge in [-0.1, -0.05) is 34.1 Å². The lowest BCUT2D eigenvalue weighted by molar-refractivity contribution is -0.264. The second-order valence-electron chi connectivity index (χ2n) is 13.7. The molecule has 4 aliphatic carbocycles. The zero-order valence-electron chi connectivity index (χ0n) is 21.5. The summed E-state index contributed by atoms with van der Waals surface area (Å²) in [6.45, 7) is 13.2. The summed E-state index contributed by atoms with van der Waals surface area (Å²) in [5, 5.41) is 43.5. The van der Waals surface area contributed by atoms with E-state index in [0.29, 0.717) is 53.8 Å². The van der Waals surface area contributed by atoms with Crippen molar-refractivity contribution in [2.24, 2.45) is 46.3 Å². The van der Waals surface area contributed by atoms with Gasteiger partial charge in [-0.3, -0.25) is 0 Å². The van der Waals surface area contributed by atoms with Crippen LogP contribution < -0.4 is 0 Å². The maximum absolute atomic E-state index is 11.6. The first kappa shape index (κ1) is 24.9. The Labute approximate surface area is 196 Å². The molecule has 0 aromatic heterocycles. The fraction of sp³-hybridized carbons (Fsp3) is 1.00. The first-order valence-corrected chi connectivity index (χ1v) is 13.5. The van der Waals surface area contributed by atoms with Crippen molar-refractivity contribution in [3.05, 3.63) is 0 Å². The predicted molar refractivity (Wildman–Crippen MR) is 128 cm³/mol. The van der Waals surface area contributed by atoms with E-state index in [-0.39, 0.29) is 5.41 Å². The molecule has 0 aromatic carbocycles. The second kappa shape index (κ2) is 8.21. The normalized spacial score (nSPS) is 50.8. The Kier molecular flexibility index (Phi) is 6.40. The molecule has 0 heterocycles. The summed E-state index contributed by atoms with van der Waals surface area (Å²) in [5.41, 5.74) is -1.73. The van der Waals surface area contributed by atoms with Crippen LogP contribution in [0.4, 0.5) is 0 Å². The highest BCUT2D eigenvalue weighted by Gasteiger charge is 2.67. The molecule has 11 atom stereocenters. The van der Waals surface area contributed by atoms with E-state index in [1.807, 2.05) is 13.8 Å². The third-order valence-electron chi connectivity index (χ3n) is 11.9. The van der Waals surface area contributed by atoms with Crippen molar-refractivity contribution in [1.82, 2.24) is 0 Å². The minimum absolute atomic E-state index is 0.290. The molecule has 186 valence electrons. The lowest BCUT2D eigenvalue weighted by atomic mass is 9.42. The number of hydrogen-bond acceptors (Lipinski definition) is 4. The van der Waals surface area contributed by atoms with E-state index in [1.54, 1.807) is 0 Å². The minimum atomic E-state index is -1.14. The van der Waals surface area contributed by atoms with Gasteiger partial charge in [0, 0.05) is 11.8 Å². The van der Waals surface area contributed by atoms with Crippen LogP contribution in [0, 0.1) is 46.3 Å². The molecule has 32 heavy (non-hydrogen) atoms. The Morgan fingerprint density at radius 2 is 1.62 bits per heavy atom. The Bertz CT molecular complexity index is 687. The number of rotatable bonds is 5. The Hall–Kier alpha value is -0.160. The van der Waals surface area contributed by atoms with Crippen molar-refractivity contribution >= 4 is 0 Å². The molecule has 0 bridgehead atoms. The SMILES string of the molecule is C[C@H](CC[C@H](C)C(C)(C)O)[C@H]1CC[C@H]2[C@@H]3C[C@@H](O)[C@@]4(O)C[C@@H](O)CC[C@]4(C)[C@H]3CC[C@]12C. The van der Waals surface area contributed by atoms with Crippen LogP contribution in [-0.2, 0) is 0 Å². The van der Waals surface area contributed by atoms with Gasteiger partial charge in [0.15, 0.2) is 0 Å². The summed E-state index contributed by atoms with van der Waals surface area (Å²) in [4.78, 5) is 0. The van der Waals surface area contributed by atoms with Crippen molar-refractivity contribution < 1.29 is 20.4 Å². The molecular weight excluding hydrogens is 400 g/mol. The lowest BCUT2D eigenvalue weighted by Gasteiger charge is -2.65. The Balaban J connectivity index is 1.51. The van der Waals surface area contributed by atoms with Gasteiger partial charge in [0.2, 0.25) is 0 Å². The predicted octanol–water partition coefficient (Wildman–Crippen LogP) is 4.92. The van der Waals surface area contributed by atoms with Gasteiger partial charge in [-0.05, 0) is 106 Å². The zero-order valence-corrected chi connectivity index (χ0v) is 21.5.